The van der Waals surface area contributed by atoms with Gasteiger partial charge in [-0.15, -0.1) is 0 Å². The molecule has 0 unspecified atom stereocenters. The molecule has 56 valence electrons. The van der Waals surface area contributed by atoms with Gasteiger partial charge in [0.1, 0.15) is 0 Å². The van der Waals surface area contributed by atoms with E-state index < -0.39 is 5.76 Å². The first kappa shape index (κ1) is 6.22. The number of aromatic amines is 1. The lowest BCUT2D eigenvalue weighted by Crippen LogP contribution is -2.21. The van der Waals surface area contributed by atoms with Crippen molar-refractivity contribution in [3.05, 3.63) is 33.5 Å². The number of hydrogen-bond acceptors (Lipinski definition) is 2. The van der Waals surface area contributed by atoms with Crippen molar-refractivity contribution in [2.75, 3.05) is 0 Å². The lowest BCUT2D eigenvalue weighted by Gasteiger charge is -1.72. The van der Waals surface area contributed by atoms with Gasteiger partial charge in [-0.1, -0.05) is 12.2 Å². The number of H-pyrrole nitrogens is 1. The van der Waals surface area contributed by atoms with Gasteiger partial charge in [0, 0.05) is 0 Å². The Bertz CT molecular complexity index is 447. The molecule has 0 aromatic carbocycles. The third-order valence-corrected chi connectivity index (χ3v) is 1.54. The van der Waals surface area contributed by atoms with E-state index in [1.165, 1.54) is 0 Å². The van der Waals surface area contributed by atoms with Gasteiger partial charge in [-0.25, -0.2) is 4.79 Å². The predicted molar refractivity (Wildman–Crippen MR) is 41.3 cm³/mol. The Balaban J connectivity index is 2.90. The molecule has 1 heterocycles. The molecule has 1 aliphatic rings. The summed E-state index contributed by atoms with van der Waals surface area (Å²) >= 11 is 0. The summed E-state index contributed by atoms with van der Waals surface area (Å²) in [7, 11) is 0. The first-order valence-electron chi connectivity index (χ1n) is 3.42. The van der Waals surface area contributed by atoms with Crippen LogP contribution in [0, 0.1) is 0 Å². The molecule has 1 aromatic heterocycles. The largest absolute Gasteiger partial charge is 0.417 e. The smallest absolute Gasteiger partial charge is 0.408 e. The van der Waals surface area contributed by atoms with Crippen molar-refractivity contribution in [2.24, 2.45) is 0 Å². The fourth-order valence-electron chi connectivity index (χ4n) is 1.05. The zero-order valence-electron chi connectivity index (χ0n) is 5.83. The van der Waals surface area contributed by atoms with E-state index in [2.05, 4.69) is 4.98 Å². The van der Waals surface area contributed by atoms with Crippen LogP contribution >= 0.6 is 0 Å². The SMILES string of the molecule is O=c1[nH]c2c(o1)=CCC=CC=2. The number of nitrogens with one attached hydrogen (secondary N) is 1. The minimum Gasteiger partial charge on any atom is -0.408 e. The van der Waals surface area contributed by atoms with Gasteiger partial charge in [0.2, 0.25) is 0 Å². The molecule has 2 rings (SSSR count). The summed E-state index contributed by atoms with van der Waals surface area (Å²) in [5.74, 6) is -0.391. The molecule has 0 saturated carbocycles. The van der Waals surface area contributed by atoms with E-state index in [4.69, 9.17) is 4.42 Å². The van der Waals surface area contributed by atoms with Gasteiger partial charge < -0.3 is 4.42 Å². The molecule has 0 radical (unpaired) electrons. The summed E-state index contributed by atoms with van der Waals surface area (Å²) in [4.78, 5) is 13.3. The van der Waals surface area contributed by atoms with Crippen LogP contribution in [0.15, 0.2) is 21.4 Å². The number of hydrogen-bond donors (Lipinski definition) is 1. The van der Waals surface area contributed by atoms with E-state index in [9.17, 15) is 4.79 Å². The Hall–Kier alpha value is -1.51. The zero-order valence-corrected chi connectivity index (χ0v) is 5.83. The molecule has 3 heteroatoms. The average Bonchev–Trinajstić information content (AvgIpc) is 2.17. The van der Waals surface area contributed by atoms with Crippen molar-refractivity contribution >= 4 is 12.2 Å². The second-order valence-electron chi connectivity index (χ2n) is 2.33. The van der Waals surface area contributed by atoms with Crippen molar-refractivity contribution in [3.8, 4) is 0 Å². The highest BCUT2D eigenvalue weighted by Crippen LogP contribution is 1.86. The Labute approximate surface area is 62.4 Å². The second kappa shape index (κ2) is 2.27. The summed E-state index contributed by atoms with van der Waals surface area (Å²) in [6.45, 7) is 0. The molecule has 0 aliphatic heterocycles. The molecule has 0 saturated heterocycles. The maximum Gasteiger partial charge on any atom is 0.417 e. The van der Waals surface area contributed by atoms with Crippen LogP contribution in [0.3, 0.4) is 0 Å². The Morgan fingerprint density at radius 3 is 3.36 bits per heavy atom. The monoisotopic (exact) mass is 149 g/mol. The quantitative estimate of drug-likeness (QED) is 0.540. The average molecular weight is 149 g/mol. The van der Waals surface area contributed by atoms with Crippen molar-refractivity contribution < 1.29 is 4.42 Å². The number of allylic oxidation sites excluding steroid dienone is 2. The summed E-state index contributed by atoms with van der Waals surface area (Å²) in [5, 5.41) is 0.753. The van der Waals surface area contributed by atoms with Crippen LogP contribution in [0.2, 0.25) is 0 Å². The zero-order chi connectivity index (χ0) is 7.68. The lowest BCUT2D eigenvalue weighted by molar-refractivity contribution is 0.485. The normalized spacial score (nSPS) is 14.5. The van der Waals surface area contributed by atoms with E-state index in [1.807, 2.05) is 24.3 Å². The predicted octanol–water partition coefficient (Wildman–Crippen LogP) is -0.511. The molecule has 1 N–H and O–H groups in total. The van der Waals surface area contributed by atoms with Crippen LogP contribution in [0.4, 0.5) is 0 Å². The highest BCUT2D eigenvalue weighted by atomic mass is 16.4. The van der Waals surface area contributed by atoms with Crippen LogP contribution in [-0.2, 0) is 0 Å². The Morgan fingerprint density at radius 2 is 2.45 bits per heavy atom. The van der Waals surface area contributed by atoms with Crippen LogP contribution < -0.4 is 16.5 Å². The third kappa shape index (κ3) is 1.05. The van der Waals surface area contributed by atoms with E-state index in [1.54, 1.807) is 0 Å². The fourth-order valence-corrected chi connectivity index (χ4v) is 1.05. The second-order valence-corrected chi connectivity index (χ2v) is 2.33. The molecule has 1 aliphatic carbocycles. The molecule has 3 nitrogen and oxygen atoms in total. The van der Waals surface area contributed by atoms with Crippen LogP contribution in [-0.4, -0.2) is 4.98 Å². The number of aromatic nitrogens is 1. The lowest BCUT2D eigenvalue weighted by atomic mass is 10.4. The van der Waals surface area contributed by atoms with E-state index in [0.717, 1.165) is 11.8 Å². The Kier molecular flexibility index (Phi) is 1.28. The van der Waals surface area contributed by atoms with E-state index in [-0.39, 0.29) is 0 Å². The van der Waals surface area contributed by atoms with Gasteiger partial charge >= 0.3 is 5.76 Å². The summed E-state index contributed by atoms with van der Waals surface area (Å²) < 4.78 is 4.85. The Morgan fingerprint density at radius 1 is 1.55 bits per heavy atom. The first-order chi connectivity index (χ1) is 5.36. The van der Waals surface area contributed by atoms with Gasteiger partial charge in [-0.3, -0.25) is 4.98 Å². The van der Waals surface area contributed by atoms with E-state index >= 15 is 0 Å². The van der Waals surface area contributed by atoms with Crippen LogP contribution in [0.5, 0.6) is 0 Å². The molecule has 11 heavy (non-hydrogen) atoms. The van der Waals surface area contributed by atoms with Crippen LogP contribution in [0.25, 0.3) is 12.2 Å². The van der Waals surface area contributed by atoms with Crippen LogP contribution in [0.1, 0.15) is 6.42 Å². The number of rotatable bonds is 0. The minimum absolute atomic E-state index is 0.391. The molecule has 1 aromatic rings. The molecule has 0 amide bonds. The van der Waals surface area contributed by atoms with E-state index in [0.29, 0.717) is 5.42 Å². The highest BCUT2D eigenvalue weighted by Gasteiger charge is 1.93. The number of oxazole rings is 1. The maximum atomic E-state index is 10.7. The summed E-state index contributed by atoms with van der Waals surface area (Å²) in [6.07, 6.45) is 8.39. The fraction of sp³-hybridized carbons (Fsp3) is 0.125. The summed E-state index contributed by atoms with van der Waals surface area (Å²) in [5.41, 5.74) is 0.639. The van der Waals surface area contributed by atoms with Gasteiger partial charge in [0.05, 0.1) is 5.35 Å². The first-order valence-corrected chi connectivity index (χ1v) is 3.42. The topological polar surface area (TPSA) is 46.0 Å². The van der Waals surface area contributed by atoms with Crippen molar-refractivity contribution in [1.29, 1.82) is 0 Å². The molecular weight excluding hydrogens is 142 g/mol. The van der Waals surface area contributed by atoms with Crippen molar-refractivity contribution in [2.45, 2.75) is 6.42 Å². The standard InChI is InChI=1S/C8H7NO2/c10-8-9-6-4-2-1-3-5-7(6)11-8/h1-2,4-5H,3H2,(H,9,10). The molecule has 0 spiro atoms. The van der Waals surface area contributed by atoms with Gasteiger partial charge in [-0.2, -0.15) is 0 Å². The maximum absolute atomic E-state index is 10.7. The summed E-state index contributed by atoms with van der Waals surface area (Å²) in [6, 6.07) is 0. The molecule has 0 bridgehead atoms. The van der Waals surface area contributed by atoms with Gasteiger partial charge in [-0.05, 0) is 18.6 Å². The molecular formula is C8H7NO2. The van der Waals surface area contributed by atoms with Gasteiger partial charge in [0.15, 0.2) is 5.42 Å². The molecule has 0 atom stereocenters. The van der Waals surface area contributed by atoms with Crippen molar-refractivity contribution in [1.82, 2.24) is 4.98 Å². The van der Waals surface area contributed by atoms with Crippen molar-refractivity contribution in [3.63, 3.8) is 0 Å². The minimum atomic E-state index is -0.391. The number of fused-ring (bicyclic) bond motifs is 1. The molecule has 0 fully saturated rings. The highest BCUT2D eigenvalue weighted by molar-refractivity contribution is 5.39. The van der Waals surface area contributed by atoms with Gasteiger partial charge in [0.25, 0.3) is 0 Å². The third-order valence-electron chi connectivity index (χ3n) is 1.54.